The highest BCUT2D eigenvalue weighted by Gasteiger charge is 2.26. The van der Waals surface area contributed by atoms with Crippen LogP contribution in [0.5, 0.6) is 0 Å². The first-order chi connectivity index (χ1) is 11.6. The molecule has 126 valence electrons. The van der Waals surface area contributed by atoms with Crippen molar-refractivity contribution in [1.82, 2.24) is 9.88 Å². The molecule has 2 heterocycles. The number of hydrogen-bond donors (Lipinski definition) is 1. The number of pyridine rings is 1. The van der Waals surface area contributed by atoms with Crippen LogP contribution in [-0.4, -0.2) is 41.5 Å². The Hall–Kier alpha value is -2.56. The van der Waals surface area contributed by atoms with Crippen LogP contribution in [0.3, 0.4) is 0 Å². The maximum atomic E-state index is 12.5. The Morgan fingerprint density at radius 2 is 1.96 bits per heavy atom. The first-order valence-electron chi connectivity index (χ1n) is 8.40. The van der Waals surface area contributed by atoms with Gasteiger partial charge in [-0.05, 0) is 31.0 Å². The minimum absolute atomic E-state index is 0.115. The predicted octanol–water partition coefficient (Wildman–Crippen LogP) is 2.04. The number of anilines is 1. The van der Waals surface area contributed by atoms with E-state index in [1.807, 2.05) is 23.1 Å². The molecule has 1 aromatic carbocycles. The van der Waals surface area contributed by atoms with Crippen LogP contribution in [0.15, 0.2) is 53.5 Å². The lowest BCUT2D eigenvalue weighted by molar-refractivity contribution is -0.131. The fraction of sp³-hybridized carbons (Fsp3) is 0.368. The molecular weight excluding hydrogens is 302 g/mol. The van der Waals surface area contributed by atoms with Gasteiger partial charge in [-0.25, -0.2) is 0 Å². The molecule has 0 spiro atoms. The van der Waals surface area contributed by atoms with Gasteiger partial charge in [0.15, 0.2) is 0 Å². The Morgan fingerprint density at radius 3 is 2.62 bits per heavy atom. The van der Waals surface area contributed by atoms with Gasteiger partial charge in [0, 0.05) is 50.0 Å². The molecule has 0 saturated carbocycles. The van der Waals surface area contributed by atoms with Crippen molar-refractivity contribution < 1.29 is 4.79 Å². The lowest BCUT2D eigenvalue weighted by Crippen LogP contribution is -2.53. The van der Waals surface area contributed by atoms with Crippen LogP contribution in [0.25, 0.3) is 0 Å². The fourth-order valence-corrected chi connectivity index (χ4v) is 3.19. The molecule has 5 heteroatoms. The largest absolute Gasteiger partial charge is 0.365 e. The Morgan fingerprint density at radius 1 is 1.17 bits per heavy atom. The van der Waals surface area contributed by atoms with E-state index in [2.05, 4.69) is 28.9 Å². The number of carbonyl (C=O) groups excluding carboxylic acids is 1. The highest BCUT2D eigenvalue weighted by Crippen LogP contribution is 2.20. The van der Waals surface area contributed by atoms with Gasteiger partial charge in [0.25, 0.3) is 0 Å². The van der Waals surface area contributed by atoms with E-state index in [0.29, 0.717) is 18.9 Å². The number of benzene rings is 1. The number of amides is 1. The third kappa shape index (κ3) is 3.85. The van der Waals surface area contributed by atoms with Gasteiger partial charge in [0.2, 0.25) is 11.5 Å². The lowest BCUT2D eigenvalue weighted by atomic mass is 10.1. The molecule has 0 radical (unpaired) electrons. The van der Waals surface area contributed by atoms with Gasteiger partial charge >= 0.3 is 0 Å². The van der Waals surface area contributed by atoms with E-state index in [4.69, 9.17) is 0 Å². The molecule has 5 nitrogen and oxygen atoms in total. The molecule has 3 rings (SSSR count). The van der Waals surface area contributed by atoms with E-state index in [1.54, 1.807) is 12.3 Å². The van der Waals surface area contributed by atoms with Crippen LogP contribution in [0, 0.1) is 0 Å². The van der Waals surface area contributed by atoms with E-state index in [1.165, 1.54) is 11.8 Å². The molecule has 0 bridgehead atoms. The average molecular weight is 325 g/mol. The monoisotopic (exact) mass is 325 g/mol. The summed E-state index contributed by atoms with van der Waals surface area (Å²) in [5.74, 6) is 0.181. The standard InChI is InChI=1S/C19H23N3O2/c1-15-14-21(11-12-22(15)17-5-3-2-4-6-17)19(24)10-8-16-7-9-18(23)20-13-16/h2-7,9,13,15H,8,10-12,14H2,1H3,(H,20,23). The Labute approximate surface area is 141 Å². The summed E-state index contributed by atoms with van der Waals surface area (Å²) in [4.78, 5) is 30.5. The Bertz CT molecular complexity index is 721. The number of nitrogens with zero attached hydrogens (tertiary/aromatic N) is 2. The van der Waals surface area contributed by atoms with Crippen LogP contribution in [0.2, 0.25) is 0 Å². The third-order valence-corrected chi connectivity index (χ3v) is 4.54. The van der Waals surface area contributed by atoms with Gasteiger partial charge in [-0.15, -0.1) is 0 Å². The fourth-order valence-electron chi connectivity index (χ4n) is 3.19. The number of aromatic amines is 1. The summed E-state index contributed by atoms with van der Waals surface area (Å²) in [6, 6.07) is 13.9. The number of hydrogen-bond acceptors (Lipinski definition) is 3. The summed E-state index contributed by atoms with van der Waals surface area (Å²) < 4.78 is 0. The molecule has 24 heavy (non-hydrogen) atoms. The smallest absolute Gasteiger partial charge is 0.247 e. The first kappa shape index (κ1) is 16.3. The van der Waals surface area contributed by atoms with Crippen molar-refractivity contribution in [2.24, 2.45) is 0 Å². The van der Waals surface area contributed by atoms with E-state index >= 15 is 0 Å². The summed E-state index contributed by atoms with van der Waals surface area (Å²) in [7, 11) is 0. The maximum Gasteiger partial charge on any atom is 0.247 e. The number of aryl methyl sites for hydroxylation is 1. The molecule has 1 saturated heterocycles. The zero-order valence-electron chi connectivity index (χ0n) is 13.9. The minimum atomic E-state index is -0.115. The molecule has 0 aliphatic carbocycles. The molecular formula is C19H23N3O2. The number of nitrogens with one attached hydrogen (secondary N) is 1. The average Bonchev–Trinajstić information content (AvgIpc) is 2.61. The van der Waals surface area contributed by atoms with Crippen molar-refractivity contribution in [1.29, 1.82) is 0 Å². The lowest BCUT2D eigenvalue weighted by Gasteiger charge is -2.41. The van der Waals surface area contributed by atoms with Crippen molar-refractivity contribution >= 4 is 11.6 Å². The predicted molar refractivity (Wildman–Crippen MR) is 95.2 cm³/mol. The topological polar surface area (TPSA) is 56.4 Å². The minimum Gasteiger partial charge on any atom is -0.365 e. The SMILES string of the molecule is CC1CN(C(=O)CCc2ccc(=O)[nH]c2)CCN1c1ccccc1. The molecule has 1 atom stereocenters. The summed E-state index contributed by atoms with van der Waals surface area (Å²) in [5, 5.41) is 0. The second kappa shape index (κ2) is 7.34. The molecule has 1 aromatic heterocycles. The van der Waals surface area contributed by atoms with Crippen molar-refractivity contribution in [3.8, 4) is 0 Å². The molecule has 2 aromatic rings. The normalized spacial score (nSPS) is 17.8. The zero-order chi connectivity index (χ0) is 16.9. The van der Waals surface area contributed by atoms with Crippen molar-refractivity contribution in [3.05, 3.63) is 64.6 Å². The van der Waals surface area contributed by atoms with Crippen LogP contribution in [0.4, 0.5) is 5.69 Å². The van der Waals surface area contributed by atoms with Crippen molar-refractivity contribution in [2.75, 3.05) is 24.5 Å². The zero-order valence-corrected chi connectivity index (χ0v) is 13.9. The second-order valence-electron chi connectivity index (χ2n) is 6.28. The van der Waals surface area contributed by atoms with Gasteiger partial charge in [-0.1, -0.05) is 24.3 Å². The Balaban J connectivity index is 1.54. The summed E-state index contributed by atoms with van der Waals surface area (Å²) in [6.07, 6.45) is 2.82. The van der Waals surface area contributed by atoms with Crippen LogP contribution < -0.4 is 10.5 Å². The van der Waals surface area contributed by atoms with Gasteiger partial charge in [-0.2, -0.15) is 0 Å². The van der Waals surface area contributed by atoms with Gasteiger partial charge in [0.05, 0.1) is 0 Å². The quantitative estimate of drug-likeness (QED) is 0.936. The van der Waals surface area contributed by atoms with Gasteiger partial charge < -0.3 is 14.8 Å². The third-order valence-electron chi connectivity index (χ3n) is 4.54. The summed E-state index contributed by atoms with van der Waals surface area (Å²) >= 11 is 0. The van der Waals surface area contributed by atoms with Gasteiger partial charge in [-0.3, -0.25) is 9.59 Å². The number of rotatable bonds is 4. The van der Waals surface area contributed by atoms with E-state index < -0.39 is 0 Å². The number of piperazine rings is 1. The summed E-state index contributed by atoms with van der Waals surface area (Å²) in [6.45, 7) is 4.52. The highest BCUT2D eigenvalue weighted by atomic mass is 16.2. The molecule has 1 unspecified atom stereocenters. The van der Waals surface area contributed by atoms with Crippen molar-refractivity contribution in [3.63, 3.8) is 0 Å². The molecule has 1 aliphatic heterocycles. The molecule has 1 fully saturated rings. The number of carbonyl (C=O) groups is 1. The maximum absolute atomic E-state index is 12.5. The summed E-state index contributed by atoms with van der Waals surface area (Å²) in [5.41, 5.74) is 2.08. The van der Waals surface area contributed by atoms with Crippen LogP contribution in [0.1, 0.15) is 18.9 Å². The van der Waals surface area contributed by atoms with Crippen LogP contribution in [-0.2, 0) is 11.2 Å². The highest BCUT2D eigenvalue weighted by molar-refractivity contribution is 5.77. The number of aromatic nitrogens is 1. The first-order valence-corrected chi connectivity index (χ1v) is 8.40. The van der Waals surface area contributed by atoms with E-state index in [0.717, 1.165) is 25.2 Å². The van der Waals surface area contributed by atoms with E-state index in [-0.39, 0.29) is 11.5 Å². The second-order valence-corrected chi connectivity index (χ2v) is 6.28. The van der Waals surface area contributed by atoms with E-state index in [9.17, 15) is 9.59 Å². The molecule has 1 amide bonds. The van der Waals surface area contributed by atoms with Crippen molar-refractivity contribution in [2.45, 2.75) is 25.8 Å². The number of para-hydroxylation sites is 1. The van der Waals surface area contributed by atoms with Crippen LogP contribution >= 0.6 is 0 Å². The Kier molecular flexibility index (Phi) is 4.99. The number of H-pyrrole nitrogens is 1. The molecule has 1 N–H and O–H groups in total. The molecule has 1 aliphatic rings. The van der Waals surface area contributed by atoms with Gasteiger partial charge in [0.1, 0.15) is 0 Å².